The van der Waals surface area contributed by atoms with Gasteiger partial charge in [-0.05, 0) is 32.4 Å². The number of carbonyl (C=O) groups excluding carboxylic acids is 1. The molecule has 0 spiro atoms. The second-order valence-electron chi connectivity index (χ2n) is 4.89. The molecule has 1 N–H and O–H groups in total. The molecule has 0 saturated heterocycles. The molecule has 0 bridgehead atoms. The number of nitrogens with zero attached hydrogens (tertiary/aromatic N) is 2. The Bertz CT molecular complexity index is 677. The highest BCUT2D eigenvalue weighted by Gasteiger charge is 2.17. The van der Waals surface area contributed by atoms with Gasteiger partial charge in [-0.2, -0.15) is 0 Å². The van der Waals surface area contributed by atoms with Crippen molar-refractivity contribution in [2.45, 2.75) is 34.2 Å². The van der Waals surface area contributed by atoms with Gasteiger partial charge in [0, 0.05) is 24.7 Å². The molecule has 1 amide bonds. The minimum absolute atomic E-state index is 0.272. The quantitative estimate of drug-likeness (QED) is 0.934. The molecule has 6 nitrogen and oxygen atoms in total. The lowest BCUT2D eigenvalue weighted by Crippen LogP contribution is -2.24. The molecule has 2 heterocycles. The van der Waals surface area contributed by atoms with Gasteiger partial charge in [0.25, 0.3) is 5.91 Å². The van der Waals surface area contributed by atoms with Gasteiger partial charge in [-0.15, -0.1) is 0 Å². The number of nitrogens with one attached hydrogen (secondary N) is 1. The molecule has 2 aromatic rings. The van der Waals surface area contributed by atoms with Crippen LogP contribution in [-0.4, -0.2) is 23.0 Å². The number of amides is 1. The zero-order valence-electron chi connectivity index (χ0n) is 12.9. The maximum absolute atomic E-state index is 12.1. The number of aromatic nitrogens is 2. The van der Waals surface area contributed by atoms with Gasteiger partial charge in [0.15, 0.2) is 11.6 Å². The van der Waals surface area contributed by atoms with E-state index in [0.29, 0.717) is 29.8 Å². The zero-order valence-corrected chi connectivity index (χ0v) is 12.9. The molecular formula is C15H19N3O3. The summed E-state index contributed by atoms with van der Waals surface area (Å²) in [6.45, 7) is 7.62. The van der Waals surface area contributed by atoms with Crippen molar-refractivity contribution < 1.29 is 13.9 Å². The molecular weight excluding hydrogens is 270 g/mol. The van der Waals surface area contributed by atoms with Crippen LogP contribution in [0.5, 0.6) is 5.88 Å². The summed E-state index contributed by atoms with van der Waals surface area (Å²) in [6, 6.07) is 1.95. The number of oxazole rings is 1. The Morgan fingerprint density at radius 3 is 2.57 bits per heavy atom. The lowest BCUT2D eigenvalue weighted by atomic mass is 10.1. The predicted molar refractivity (Wildman–Crippen MR) is 77.4 cm³/mol. The van der Waals surface area contributed by atoms with Gasteiger partial charge in [-0.1, -0.05) is 0 Å². The Balaban J connectivity index is 2.17. The van der Waals surface area contributed by atoms with E-state index in [-0.39, 0.29) is 5.91 Å². The topological polar surface area (TPSA) is 77.2 Å². The molecule has 0 aliphatic carbocycles. The lowest BCUT2D eigenvalue weighted by Gasteiger charge is -2.12. The van der Waals surface area contributed by atoms with E-state index in [1.54, 1.807) is 21.0 Å². The van der Waals surface area contributed by atoms with E-state index < -0.39 is 0 Å². The smallest absolute Gasteiger partial charge is 0.273 e. The number of aryl methyl sites for hydroxylation is 4. The van der Waals surface area contributed by atoms with Gasteiger partial charge in [0.1, 0.15) is 5.76 Å². The van der Waals surface area contributed by atoms with Gasteiger partial charge >= 0.3 is 0 Å². The Morgan fingerprint density at radius 1 is 1.29 bits per heavy atom. The number of rotatable bonds is 4. The number of methoxy groups -OCH3 is 1. The van der Waals surface area contributed by atoms with Gasteiger partial charge in [-0.3, -0.25) is 4.79 Å². The SMILES string of the molecule is COc1nc(C)cc(C)c1CNC(=O)c1nc(C)oc1C. The molecule has 6 heteroatoms. The first-order valence-electron chi connectivity index (χ1n) is 6.65. The van der Waals surface area contributed by atoms with E-state index >= 15 is 0 Å². The molecule has 0 atom stereocenters. The Hall–Kier alpha value is -2.37. The van der Waals surface area contributed by atoms with Gasteiger partial charge in [0.05, 0.1) is 7.11 Å². The van der Waals surface area contributed by atoms with Crippen molar-refractivity contribution in [1.82, 2.24) is 15.3 Å². The molecule has 0 aliphatic heterocycles. The number of pyridine rings is 1. The average Bonchev–Trinajstić information content (AvgIpc) is 2.75. The molecule has 2 rings (SSSR count). The van der Waals surface area contributed by atoms with Crippen LogP contribution in [0.1, 0.15) is 39.0 Å². The van der Waals surface area contributed by atoms with E-state index in [4.69, 9.17) is 9.15 Å². The van der Waals surface area contributed by atoms with Gasteiger partial charge in [-0.25, -0.2) is 9.97 Å². The average molecular weight is 289 g/mol. The number of carbonyl (C=O) groups is 1. The molecule has 0 aromatic carbocycles. The summed E-state index contributed by atoms with van der Waals surface area (Å²) in [5.41, 5.74) is 3.06. The Morgan fingerprint density at radius 2 is 2.00 bits per heavy atom. The maximum atomic E-state index is 12.1. The first kappa shape index (κ1) is 15.0. The van der Waals surface area contributed by atoms with Crippen molar-refractivity contribution in [2.24, 2.45) is 0 Å². The Kier molecular flexibility index (Phi) is 4.26. The number of hydrogen-bond acceptors (Lipinski definition) is 5. The molecule has 112 valence electrons. The van der Waals surface area contributed by atoms with E-state index in [9.17, 15) is 4.79 Å². The molecule has 0 radical (unpaired) electrons. The van der Waals surface area contributed by atoms with Crippen molar-refractivity contribution in [1.29, 1.82) is 0 Å². The Labute approximate surface area is 123 Å². The van der Waals surface area contributed by atoms with Crippen molar-refractivity contribution in [3.8, 4) is 5.88 Å². The third-order valence-electron chi connectivity index (χ3n) is 3.18. The fourth-order valence-electron chi connectivity index (χ4n) is 2.20. The first-order chi connectivity index (χ1) is 9.92. The lowest BCUT2D eigenvalue weighted by molar-refractivity contribution is 0.0944. The van der Waals surface area contributed by atoms with Crippen molar-refractivity contribution in [3.05, 3.63) is 40.2 Å². The van der Waals surface area contributed by atoms with Crippen LogP contribution in [0, 0.1) is 27.7 Å². The zero-order chi connectivity index (χ0) is 15.6. The van der Waals surface area contributed by atoms with Crippen LogP contribution in [0.2, 0.25) is 0 Å². The summed E-state index contributed by atoms with van der Waals surface area (Å²) in [7, 11) is 1.57. The summed E-state index contributed by atoms with van der Waals surface area (Å²) in [5.74, 6) is 1.24. The monoisotopic (exact) mass is 289 g/mol. The largest absolute Gasteiger partial charge is 0.481 e. The highest BCUT2D eigenvalue weighted by atomic mass is 16.5. The summed E-state index contributed by atoms with van der Waals surface area (Å²) in [5, 5.41) is 2.82. The fraction of sp³-hybridized carbons (Fsp3) is 0.400. The molecule has 0 unspecified atom stereocenters. The second kappa shape index (κ2) is 5.95. The van der Waals surface area contributed by atoms with Crippen LogP contribution in [0.25, 0.3) is 0 Å². The van der Waals surface area contributed by atoms with Crippen LogP contribution < -0.4 is 10.1 Å². The third-order valence-corrected chi connectivity index (χ3v) is 3.18. The highest BCUT2D eigenvalue weighted by Crippen LogP contribution is 2.20. The fourth-order valence-corrected chi connectivity index (χ4v) is 2.20. The van der Waals surface area contributed by atoms with Gasteiger partial charge < -0.3 is 14.5 Å². The van der Waals surface area contributed by atoms with Crippen LogP contribution in [0.15, 0.2) is 10.5 Å². The summed E-state index contributed by atoms with van der Waals surface area (Å²) < 4.78 is 10.5. The van der Waals surface area contributed by atoms with Crippen LogP contribution >= 0.6 is 0 Å². The van der Waals surface area contributed by atoms with Crippen LogP contribution in [-0.2, 0) is 6.54 Å². The van der Waals surface area contributed by atoms with Crippen LogP contribution in [0.3, 0.4) is 0 Å². The summed E-state index contributed by atoms with van der Waals surface area (Å²) in [4.78, 5) is 20.5. The molecule has 0 saturated carbocycles. The molecule has 0 fully saturated rings. The molecule has 0 aliphatic rings. The summed E-state index contributed by atoms with van der Waals surface area (Å²) in [6.07, 6.45) is 0. The van der Waals surface area contributed by atoms with E-state index in [0.717, 1.165) is 16.8 Å². The van der Waals surface area contributed by atoms with E-state index in [1.165, 1.54) is 0 Å². The number of ether oxygens (including phenoxy) is 1. The second-order valence-corrected chi connectivity index (χ2v) is 4.89. The third kappa shape index (κ3) is 3.21. The minimum Gasteiger partial charge on any atom is -0.481 e. The van der Waals surface area contributed by atoms with Crippen molar-refractivity contribution >= 4 is 5.91 Å². The van der Waals surface area contributed by atoms with Crippen molar-refractivity contribution in [3.63, 3.8) is 0 Å². The van der Waals surface area contributed by atoms with E-state index in [1.807, 2.05) is 19.9 Å². The molecule has 21 heavy (non-hydrogen) atoms. The van der Waals surface area contributed by atoms with Gasteiger partial charge in [0.2, 0.25) is 5.88 Å². The van der Waals surface area contributed by atoms with E-state index in [2.05, 4.69) is 15.3 Å². The number of hydrogen-bond donors (Lipinski definition) is 1. The maximum Gasteiger partial charge on any atom is 0.273 e. The standard InChI is InChI=1S/C15H19N3O3/c1-8-6-9(2)17-15(20-5)12(8)7-16-14(19)13-10(3)21-11(4)18-13/h6H,7H2,1-5H3,(H,16,19). The summed E-state index contributed by atoms with van der Waals surface area (Å²) >= 11 is 0. The first-order valence-corrected chi connectivity index (χ1v) is 6.65. The highest BCUT2D eigenvalue weighted by molar-refractivity contribution is 5.93. The normalized spacial score (nSPS) is 10.5. The minimum atomic E-state index is -0.272. The molecule has 2 aromatic heterocycles. The van der Waals surface area contributed by atoms with Crippen molar-refractivity contribution in [2.75, 3.05) is 7.11 Å². The predicted octanol–water partition coefficient (Wildman–Crippen LogP) is 2.24. The van der Waals surface area contributed by atoms with Crippen LogP contribution in [0.4, 0.5) is 0 Å².